The third-order valence-corrected chi connectivity index (χ3v) is 7.42. The molecule has 0 aliphatic carbocycles. The Hall–Kier alpha value is -3.18. The van der Waals surface area contributed by atoms with Crippen molar-refractivity contribution in [2.45, 2.75) is 37.5 Å². The summed E-state index contributed by atoms with van der Waals surface area (Å²) in [4.78, 5) is 13.8. The van der Waals surface area contributed by atoms with Crippen LogP contribution in [0, 0.1) is 6.92 Å². The molecule has 3 N–H and O–H groups in total. The summed E-state index contributed by atoms with van der Waals surface area (Å²) in [6, 6.07) is 11.2. The first-order valence-corrected chi connectivity index (χ1v) is 12.1. The lowest BCUT2D eigenvalue weighted by Crippen LogP contribution is -2.10. The number of rotatable bonds is 7. The summed E-state index contributed by atoms with van der Waals surface area (Å²) in [6.07, 6.45) is 3.08. The first-order chi connectivity index (χ1) is 15.8. The van der Waals surface area contributed by atoms with Gasteiger partial charge in [-0.1, -0.05) is 12.1 Å². The summed E-state index contributed by atoms with van der Waals surface area (Å²) in [5.41, 5.74) is 4.14. The summed E-state index contributed by atoms with van der Waals surface area (Å²) in [7, 11) is -0.997. The van der Waals surface area contributed by atoms with Crippen molar-refractivity contribution in [1.82, 2.24) is 30.5 Å². The summed E-state index contributed by atoms with van der Waals surface area (Å²) in [5, 5.41) is 11.1. The van der Waals surface area contributed by atoms with Gasteiger partial charge in [-0.05, 0) is 57.6 Å². The fourth-order valence-corrected chi connectivity index (χ4v) is 4.18. The van der Waals surface area contributed by atoms with Crippen LogP contribution >= 0.6 is 10.6 Å². The van der Waals surface area contributed by atoms with Gasteiger partial charge in [0.15, 0.2) is 0 Å². The van der Waals surface area contributed by atoms with Crippen molar-refractivity contribution in [2.24, 2.45) is 0 Å². The van der Waals surface area contributed by atoms with Gasteiger partial charge in [-0.3, -0.25) is 19.1 Å². The second-order valence-electron chi connectivity index (χ2n) is 7.85. The van der Waals surface area contributed by atoms with Crippen LogP contribution < -0.4 is 5.32 Å². The molecule has 4 rings (SSSR count). The number of aryl methyl sites for hydroxylation is 1. The molecule has 0 spiro atoms. The van der Waals surface area contributed by atoms with E-state index in [1.165, 1.54) is 6.20 Å². The maximum Gasteiger partial charge on any atom is 0.268 e. The number of hydrogen-bond donors (Lipinski definition) is 3. The van der Waals surface area contributed by atoms with Crippen molar-refractivity contribution in [1.29, 1.82) is 0 Å². The van der Waals surface area contributed by atoms with E-state index in [2.05, 4.69) is 30.5 Å². The number of nitrogens with one attached hydrogen (secondary N) is 1. The van der Waals surface area contributed by atoms with E-state index in [4.69, 9.17) is 4.42 Å². The molecule has 0 amide bonds. The molecular weight excluding hydrogens is 440 g/mol. The third-order valence-electron chi connectivity index (χ3n) is 5.17. The van der Waals surface area contributed by atoms with Crippen LogP contribution in [0.1, 0.15) is 26.5 Å². The molecule has 174 valence electrons. The van der Waals surface area contributed by atoms with Gasteiger partial charge in [0.05, 0.1) is 28.7 Å². The number of benzene rings is 1. The molecule has 1 aromatic carbocycles. The minimum Gasteiger partial charge on any atom is -0.415 e. The van der Waals surface area contributed by atoms with Crippen molar-refractivity contribution in [3.05, 3.63) is 60.0 Å². The van der Waals surface area contributed by atoms with E-state index in [1.54, 1.807) is 32.2 Å². The van der Waals surface area contributed by atoms with E-state index < -0.39 is 10.6 Å². The topological polar surface area (TPSA) is 130 Å². The maximum atomic E-state index is 10.3. The van der Waals surface area contributed by atoms with Gasteiger partial charge in [-0.2, -0.15) is 10.6 Å². The quantitative estimate of drug-likeness (QED) is 0.341. The SMILES string of the molecule is CNCc1ccc(-c2nnc(-c3nc(-c4ccc(S(O)(O)C(C)C)cn4)cnc3C)o2)cc1.[HH]. The van der Waals surface area contributed by atoms with Gasteiger partial charge in [-0.25, -0.2) is 4.98 Å². The smallest absolute Gasteiger partial charge is 0.268 e. The lowest BCUT2D eigenvalue weighted by Gasteiger charge is -2.36. The fraction of sp³-hybridized carbons (Fsp3) is 0.261. The molecule has 0 fully saturated rings. The molecule has 3 heterocycles. The van der Waals surface area contributed by atoms with Crippen molar-refractivity contribution >= 4 is 10.6 Å². The maximum absolute atomic E-state index is 10.3. The zero-order valence-corrected chi connectivity index (χ0v) is 19.7. The molecule has 0 saturated carbocycles. The van der Waals surface area contributed by atoms with Gasteiger partial charge in [0.25, 0.3) is 5.89 Å². The number of hydrogen-bond acceptors (Lipinski definition) is 9. The highest BCUT2D eigenvalue weighted by molar-refractivity contribution is 8.24. The summed E-state index contributed by atoms with van der Waals surface area (Å²) < 4.78 is 26.6. The Morgan fingerprint density at radius 1 is 0.970 bits per heavy atom. The first kappa shape index (κ1) is 23.0. The summed E-state index contributed by atoms with van der Waals surface area (Å²) in [5.74, 6) is 0.663. The minimum absolute atomic E-state index is 0. The predicted molar refractivity (Wildman–Crippen MR) is 130 cm³/mol. The third kappa shape index (κ3) is 4.79. The molecular formula is C23H28N6O3S. The Balaban J connectivity index is 0.00000324. The van der Waals surface area contributed by atoms with E-state index in [1.807, 2.05) is 38.2 Å². The average molecular weight is 469 g/mol. The Morgan fingerprint density at radius 3 is 2.33 bits per heavy atom. The number of nitrogens with zero attached hydrogens (tertiary/aromatic N) is 5. The van der Waals surface area contributed by atoms with Crippen LogP contribution in [0.4, 0.5) is 0 Å². The highest BCUT2D eigenvalue weighted by atomic mass is 32.3. The number of pyridine rings is 1. The second kappa shape index (κ2) is 9.36. The van der Waals surface area contributed by atoms with E-state index in [0.29, 0.717) is 33.6 Å². The van der Waals surface area contributed by atoms with Crippen LogP contribution in [0.3, 0.4) is 0 Å². The van der Waals surface area contributed by atoms with Crippen LogP contribution in [0.5, 0.6) is 0 Å². The van der Waals surface area contributed by atoms with Gasteiger partial charge < -0.3 is 9.73 Å². The molecule has 0 bridgehead atoms. The lowest BCUT2D eigenvalue weighted by molar-refractivity contribution is 0.476. The molecule has 0 radical (unpaired) electrons. The van der Waals surface area contributed by atoms with Crippen LogP contribution in [-0.2, 0) is 6.54 Å². The van der Waals surface area contributed by atoms with Crippen molar-refractivity contribution < 1.29 is 14.9 Å². The first-order valence-electron chi connectivity index (χ1n) is 10.4. The minimum atomic E-state index is -2.90. The largest absolute Gasteiger partial charge is 0.415 e. The van der Waals surface area contributed by atoms with Crippen LogP contribution in [-0.4, -0.2) is 46.6 Å². The van der Waals surface area contributed by atoms with E-state index >= 15 is 0 Å². The average Bonchev–Trinajstić information content (AvgIpc) is 3.30. The zero-order valence-electron chi connectivity index (χ0n) is 18.9. The molecule has 0 saturated heterocycles. The second-order valence-corrected chi connectivity index (χ2v) is 10.4. The monoisotopic (exact) mass is 468 g/mol. The van der Waals surface area contributed by atoms with Crippen molar-refractivity contribution in [3.63, 3.8) is 0 Å². The molecule has 4 aromatic rings. The van der Waals surface area contributed by atoms with E-state index in [0.717, 1.165) is 17.7 Å². The Kier molecular flexibility index (Phi) is 6.52. The van der Waals surface area contributed by atoms with Crippen LogP contribution in [0.15, 0.2) is 58.1 Å². The highest BCUT2D eigenvalue weighted by Crippen LogP contribution is 2.51. The summed E-state index contributed by atoms with van der Waals surface area (Å²) >= 11 is 0. The number of aromatic nitrogens is 5. The lowest BCUT2D eigenvalue weighted by atomic mass is 10.1. The predicted octanol–water partition coefficient (Wildman–Crippen LogP) is 5.05. The van der Waals surface area contributed by atoms with Crippen LogP contribution in [0.25, 0.3) is 34.4 Å². The van der Waals surface area contributed by atoms with Gasteiger partial charge in [-0.15, -0.1) is 10.2 Å². The Morgan fingerprint density at radius 2 is 1.70 bits per heavy atom. The molecule has 0 unspecified atom stereocenters. The van der Waals surface area contributed by atoms with Gasteiger partial charge >= 0.3 is 0 Å². The van der Waals surface area contributed by atoms with Crippen molar-refractivity contribution in [2.75, 3.05) is 7.05 Å². The van der Waals surface area contributed by atoms with Gasteiger partial charge in [0.2, 0.25) is 5.89 Å². The van der Waals surface area contributed by atoms with Gasteiger partial charge in [0, 0.05) is 18.8 Å². The van der Waals surface area contributed by atoms with Crippen LogP contribution in [0.2, 0.25) is 0 Å². The molecule has 9 nitrogen and oxygen atoms in total. The molecule has 10 heteroatoms. The Bertz CT molecular complexity index is 1250. The standard InChI is InChI=1S/C23H26N6O3S.H2/c1-14(2)33(30,31)18-9-10-19(26-12-18)20-13-25-15(3)21(27-20)23-29-28-22(32-23)17-7-5-16(6-8-17)11-24-4;/h5-10,12-14,24,30-31H,11H2,1-4H3;1H. The van der Waals surface area contributed by atoms with Gasteiger partial charge in [0.1, 0.15) is 11.4 Å². The molecule has 33 heavy (non-hydrogen) atoms. The molecule has 0 aliphatic rings. The normalized spacial score (nSPS) is 12.3. The highest BCUT2D eigenvalue weighted by Gasteiger charge is 2.21. The fourth-order valence-electron chi connectivity index (χ4n) is 3.16. The molecule has 3 aromatic heterocycles. The van der Waals surface area contributed by atoms with Crippen molar-refractivity contribution in [3.8, 4) is 34.4 Å². The van der Waals surface area contributed by atoms with E-state index in [9.17, 15) is 9.11 Å². The molecule has 0 atom stereocenters. The van der Waals surface area contributed by atoms with E-state index in [-0.39, 0.29) is 12.6 Å². The molecule has 0 aliphatic heterocycles. The Labute approximate surface area is 195 Å². The zero-order chi connectivity index (χ0) is 23.6. The summed E-state index contributed by atoms with van der Waals surface area (Å²) in [6.45, 7) is 6.12.